The van der Waals surface area contributed by atoms with Gasteiger partial charge in [0.1, 0.15) is 22.9 Å². The van der Waals surface area contributed by atoms with Gasteiger partial charge in [-0.25, -0.2) is 0 Å². The number of carbonyl (C=O) groups excluding carboxylic acids is 1. The van der Waals surface area contributed by atoms with Gasteiger partial charge in [-0.2, -0.15) is 0 Å². The fraction of sp³-hybridized carbons (Fsp3) is 0.250. The molecule has 0 spiro atoms. The molecule has 1 aromatic carbocycles. The highest BCUT2D eigenvalue weighted by atomic mass is 16.3. The van der Waals surface area contributed by atoms with E-state index in [0.29, 0.717) is 5.56 Å². The summed E-state index contributed by atoms with van der Waals surface area (Å²) in [5, 5.41) is 22.7. The zero-order valence-corrected chi connectivity index (χ0v) is 12.2. The maximum atomic E-state index is 12.1. The van der Waals surface area contributed by atoms with Crippen LogP contribution in [0.4, 0.5) is 5.69 Å². The van der Waals surface area contributed by atoms with E-state index in [1.165, 1.54) is 12.3 Å². The van der Waals surface area contributed by atoms with E-state index < -0.39 is 5.91 Å². The van der Waals surface area contributed by atoms with Crippen LogP contribution < -0.4 is 5.32 Å². The van der Waals surface area contributed by atoms with Gasteiger partial charge in [0.15, 0.2) is 0 Å². The van der Waals surface area contributed by atoms with Crippen LogP contribution in [0.1, 0.15) is 36.8 Å². The van der Waals surface area contributed by atoms with Crippen molar-refractivity contribution < 1.29 is 15.0 Å². The number of nitrogens with zero attached hydrogens (tertiary/aromatic N) is 1. The van der Waals surface area contributed by atoms with Crippen LogP contribution in [-0.2, 0) is 5.41 Å². The van der Waals surface area contributed by atoms with Gasteiger partial charge in [0.05, 0.1) is 0 Å². The van der Waals surface area contributed by atoms with Gasteiger partial charge in [-0.3, -0.25) is 9.78 Å². The summed E-state index contributed by atoms with van der Waals surface area (Å²) in [6.07, 6.45) is 1.50. The number of nitrogens with one attached hydrogen (secondary N) is 1. The largest absolute Gasteiger partial charge is 0.506 e. The lowest BCUT2D eigenvalue weighted by atomic mass is 9.86. The van der Waals surface area contributed by atoms with Crippen LogP contribution in [0.3, 0.4) is 0 Å². The van der Waals surface area contributed by atoms with E-state index in [0.717, 1.165) is 0 Å². The smallest absolute Gasteiger partial charge is 0.274 e. The molecule has 0 atom stereocenters. The highest BCUT2D eigenvalue weighted by molar-refractivity contribution is 6.04. The van der Waals surface area contributed by atoms with Gasteiger partial charge in [0, 0.05) is 11.8 Å². The second-order valence-electron chi connectivity index (χ2n) is 5.77. The van der Waals surface area contributed by atoms with Gasteiger partial charge in [0.25, 0.3) is 5.91 Å². The molecule has 2 rings (SSSR count). The van der Waals surface area contributed by atoms with Crippen molar-refractivity contribution in [3.8, 4) is 11.5 Å². The van der Waals surface area contributed by atoms with E-state index in [2.05, 4.69) is 10.3 Å². The Kier molecular flexibility index (Phi) is 3.84. The zero-order chi connectivity index (χ0) is 15.6. The number of rotatable bonds is 2. The van der Waals surface area contributed by atoms with Crippen molar-refractivity contribution in [3.05, 3.63) is 47.8 Å². The fourth-order valence-corrected chi connectivity index (χ4v) is 1.98. The van der Waals surface area contributed by atoms with Crippen molar-refractivity contribution in [2.75, 3.05) is 5.32 Å². The molecule has 3 N–H and O–H groups in total. The monoisotopic (exact) mass is 286 g/mol. The van der Waals surface area contributed by atoms with Gasteiger partial charge in [0.2, 0.25) is 0 Å². The average Bonchev–Trinajstić information content (AvgIpc) is 2.42. The van der Waals surface area contributed by atoms with Crippen molar-refractivity contribution in [1.29, 1.82) is 0 Å². The Labute approximate surface area is 123 Å². The van der Waals surface area contributed by atoms with Gasteiger partial charge in [-0.05, 0) is 23.6 Å². The predicted octanol–water partition coefficient (Wildman–Crippen LogP) is 3.04. The number of carbonyl (C=O) groups is 1. The summed E-state index contributed by atoms with van der Waals surface area (Å²) in [5.74, 6) is -0.816. The molecule has 5 heteroatoms. The van der Waals surface area contributed by atoms with E-state index in [9.17, 15) is 15.0 Å². The number of benzene rings is 1. The van der Waals surface area contributed by atoms with Crippen molar-refractivity contribution in [2.45, 2.75) is 26.2 Å². The number of amides is 1. The summed E-state index contributed by atoms with van der Waals surface area (Å²) in [6.45, 7) is 5.80. The average molecular weight is 286 g/mol. The summed E-state index contributed by atoms with van der Waals surface area (Å²) < 4.78 is 0. The number of phenols is 2. The summed E-state index contributed by atoms with van der Waals surface area (Å²) in [4.78, 5) is 16.0. The Morgan fingerprint density at radius 2 is 1.86 bits per heavy atom. The minimum atomic E-state index is -0.493. The van der Waals surface area contributed by atoms with Crippen LogP contribution in [0.15, 0.2) is 36.5 Å². The summed E-state index contributed by atoms with van der Waals surface area (Å²) >= 11 is 0. The quantitative estimate of drug-likeness (QED) is 0.741. The van der Waals surface area contributed by atoms with Crippen LogP contribution in [0.2, 0.25) is 0 Å². The van der Waals surface area contributed by atoms with Crippen LogP contribution >= 0.6 is 0 Å². The minimum absolute atomic E-state index is 0.00178. The molecule has 0 saturated heterocycles. The van der Waals surface area contributed by atoms with Crippen molar-refractivity contribution in [3.63, 3.8) is 0 Å². The van der Waals surface area contributed by atoms with Crippen LogP contribution in [0.25, 0.3) is 0 Å². The minimum Gasteiger partial charge on any atom is -0.506 e. The molecule has 0 aliphatic rings. The van der Waals surface area contributed by atoms with Crippen molar-refractivity contribution in [2.24, 2.45) is 0 Å². The molecule has 5 nitrogen and oxygen atoms in total. The summed E-state index contributed by atoms with van der Waals surface area (Å²) in [6, 6.07) is 8.03. The number of hydrogen-bond acceptors (Lipinski definition) is 4. The van der Waals surface area contributed by atoms with Crippen LogP contribution in [0, 0.1) is 0 Å². The third-order valence-electron chi connectivity index (χ3n) is 3.10. The number of phenolic OH excluding ortho intramolecular Hbond substituents is 2. The Morgan fingerprint density at radius 3 is 2.43 bits per heavy atom. The molecule has 110 valence electrons. The third kappa shape index (κ3) is 3.13. The molecular weight excluding hydrogens is 268 g/mol. The molecular formula is C16H18N2O3. The molecule has 0 fully saturated rings. The molecule has 21 heavy (non-hydrogen) atoms. The molecule has 2 aromatic rings. The van der Waals surface area contributed by atoms with E-state index >= 15 is 0 Å². The van der Waals surface area contributed by atoms with Gasteiger partial charge >= 0.3 is 0 Å². The highest BCUT2D eigenvalue weighted by Gasteiger charge is 2.23. The summed E-state index contributed by atoms with van der Waals surface area (Å²) in [7, 11) is 0. The van der Waals surface area contributed by atoms with Gasteiger partial charge in [-0.1, -0.05) is 32.9 Å². The first-order valence-electron chi connectivity index (χ1n) is 6.58. The van der Waals surface area contributed by atoms with Crippen molar-refractivity contribution in [1.82, 2.24) is 4.98 Å². The maximum absolute atomic E-state index is 12.1. The highest BCUT2D eigenvalue weighted by Crippen LogP contribution is 2.41. The molecule has 1 amide bonds. The second kappa shape index (κ2) is 5.44. The predicted molar refractivity (Wildman–Crippen MR) is 80.7 cm³/mol. The lowest BCUT2D eigenvalue weighted by Gasteiger charge is -2.22. The van der Waals surface area contributed by atoms with E-state index in [1.807, 2.05) is 20.8 Å². The van der Waals surface area contributed by atoms with E-state index in [-0.39, 0.29) is 28.3 Å². The molecule has 0 radical (unpaired) electrons. The number of aromatic nitrogens is 1. The molecule has 0 bridgehead atoms. The Bertz CT molecular complexity index is 661. The van der Waals surface area contributed by atoms with E-state index in [4.69, 9.17) is 0 Å². The Morgan fingerprint density at radius 1 is 1.14 bits per heavy atom. The Balaban J connectivity index is 2.39. The van der Waals surface area contributed by atoms with Crippen molar-refractivity contribution >= 4 is 11.6 Å². The SMILES string of the molecule is CC(C)(C)c1ccc(O)c(NC(=O)c2ccccn2)c1O. The molecule has 0 saturated carbocycles. The standard InChI is InChI=1S/C16H18N2O3/c1-16(2,3)10-7-8-12(19)13(14(10)20)18-15(21)11-6-4-5-9-17-11/h4-9,19-20H,1-3H3,(H,18,21). The number of anilines is 1. The fourth-order valence-electron chi connectivity index (χ4n) is 1.98. The van der Waals surface area contributed by atoms with E-state index in [1.54, 1.807) is 24.3 Å². The lowest BCUT2D eigenvalue weighted by Crippen LogP contribution is -2.16. The van der Waals surface area contributed by atoms with Crippen LogP contribution in [0.5, 0.6) is 11.5 Å². The first-order valence-corrected chi connectivity index (χ1v) is 6.58. The zero-order valence-electron chi connectivity index (χ0n) is 12.2. The van der Waals surface area contributed by atoms with Gasteiger partial charge < -0.3 is 15.5 Å². The second-order valence-corrected chi connectivity index (χ2v) is 5.77. The molecule has 1 heterocycles. The summed E-state index contributed by atoms with van der Waals surface area (Å²) in [5.41, 5.74) is 0.523. The number of pyridine rings is 1. The normalized spacial score (nSPS) is 11.2. The molecule has 0 aliphatic carbocycles. The van der Waals surface area contributed by atoms with Gasteiger partial charge in [-0.15, -0.1) is 0 Å². The topological polar surface area (TPSA) is 82.5 Å². The molecule has 0 aliphatic heterocycles. The van der Waals surface area contributed by atoms with Crippen LogP contribution in [-0.4, -0.2) is 21.1 Å². The lowest BCUT2D eigenvalue weighted by molar-refractivity contribution is 0.102. The maximum Gasteiger partial charge on any atom is 0.274 e. The first-order chi connectivity index (χ1) is 9.80. The molecule has 1 aromatic heterocycles. The Hall–Kier alpha value is -2.56. The first kappa shape index (κ1) is 14.8. The molecule has 0 unspecified atom stereocenters. The third-order valence-corrected chi connectivity index (χ3v) is 3.10. The number of hydrogen-bond donors (Lipinski definition) is 3. The number of aromatic hydroxyl groups is 2.